The molecule has 71 heavy (non-hydrogen) atoms. The molecule has 0 aliphatic carbocycles. The molecular formula is C65H96O6. The standard InChI is InChI=1S/C65H96O6/c1-4-7-10-13-15-17-19-21-23-24-25-26-27-28-29-30-31-32-33-34-35-36-37-38-39-40-42-43-45-47-49-52-55-58-64(67)70-61-62(60-69-63(66)57-54-51-12-9-6-3)71-65(68)59-56-53-50-48-46-44-41-22-20-18-16-14-11-8-5-2/h7-8,10-11,15-18,21-23,25-26,28-29,31-32,34-35,37-38,40-42,45-48,53,56,62H,4-6,9,12-14,19-20,24,27,30,33,36,39,43-44,49-52,54-55,57-61H2,1-3H3/b10-7-,11-8-,17-15-,18-16-,23-21-,26-25-,29-28-,32-31-,35-34-,38-37-,41-22-,42-40-,47-45-,48-46-,56-53-. The zero-order chi connectivity index (χ0) is 51.4. The summed E-state index contributed by atoms with van der Waals surface area (Å²) in [6.45, 7) is 6.16. The SMILES string of the molecule is CC/C=C\C/C=C\C/C=C\C/C=C\C/C=C\C/C=C\C/C=C\C/C=C\C/C=C\C/C=C\CCCCC(=O)OCC(COC(=O)CCCCCCC)OC(=O)C/C=C\C/C=C\C/C=C\C/C=C\C/C=C\CC. The minimum absolute atomic E-state index is 0.0782. The molecule has 0 fully saturated rings. The average Bonchev–Trinajstić information content (AvgIpc) is 3.37. The molecule has 392 valence electrons. The van der Waals surface area contributed by atoms with Crippen molar-refractivity contribution < 1.29 is 28.6 Å². The number of ether oxygens (including phenoxy) is 3. The predicted molar refractivity (Wildman–Crippen MR) is 306 cm³/mol. The molecule has 6 nitrogen and oxygen atoms in total. The lowest BCUT2D eigenvalue weighted by Gasteiger charge is -2.18. The van der Waals surface area contributed by atoms with Crippen LogP contribution in [0.25, 0.3) is 0 Å². The Morgan fingerprint density at radius 1 is 0.310 bits per heavy atom. The van der Waals surface area contributed by atoms with Crippen LogP contribution in [0.15, 0.2) is 182 Å². The van der Waals surface area contributed by atoms with Gasteiger partial charge >= 0.3 is 17.9 Å². The maximum absolute atomic E-state index is 12.7. The summed E-state index contributed by atoms with van der Waals surface area (Å²) >= 11 is 0. The Bertz CT molecular complexity index is 1730. The molecule has 0 amide bonds. The zero-order valence-electron chi connectivity index (χ0n) is 44.6. The molecule has 0 heterocycles. The summed E-state index contributed by atoms with van der Waals surface area (Å²) in [4.78, 5) is 37.6. The molecule has 0 bridgehead atoms. The molecule has 0 aromatic heterocycles. The highest BCUT2D eigenvalue weighted by molar-refractivity contribution is 5.72. The molecular weight excluding hydrogens is 877 g/mol. The van der Waals surface area contributed by atoms with E-state index in [4.69, 9.17) is 14.2 Å². The van der Waals surface area contributed by atoms with Gasteiger partial charge in [0, 0.05) is 12.8 Å². The maximum atomic E-state index is 12.7. The largest absolute Gasteiger partial charge is 0.462 e. The van der Waals surface area contributed by atoms with Crippen LogP contribution in [0.4, 0.5) is 0 Å². The maximum Gasteiger partial charge on any atom is 0.310 e. The molecule has 0 aliphatic rings. The van der Waals surface area contributed by atoms with Crippen LogP contribution in [-0.4, -0.2) is 37.2 Å². The Morgan fingerprint density at radius 3 is 0.915 bits per heavy atom. The van der Waals surface area contributed by atoms with Gasteiger partial charge in [-0.3, -0.25) is 14.4 Å². The number of unbranched alkanes of at least 4 members (excludes halogenated alkanes) is 6. The number of carbonyl (C=O) groups is 3. The molecule has 6 heteroatoms. The number of esters is 3. The number of carbonyl (C=O) groups excluding carboxylic acids is 3. The van der Waals surface area contributed by atoms with Crippen molar-refractivity contribution in [1.29, 1.82) is 0 Å². The number of rotatable bonds is 46. The highest BCUT2D eigenvalue weighted by Gasteiger charge is 2.19. The summed E-state index contributed by atoms with van der Waals surface area (Å²) in [6, 6.07) is 0. The van der Waals surface area contributed by atoms with Gasteiger partial charge in [0.15, 0.2) is 6.10 Å². The third kappa shape index (κ3) is 55.3. The van der Waals surface area contributed by atoms with Crippen LogP contribution < -0.4 is 0 Å². The van der Waals surface area contributed by atoms with E-state index < -0.39 is 12.1 Å². The van der Waals surface area contributed by atoms with Gasteiger partial charge in [0.25, 0.3) is 0 Å². The van der Waals surface area contributed by atoms with Gasteiger partial charge in [0.1, 0.15) is 13.2 Å². The molecule has 0 saturated heterocycles. The first kappa shape index (κ1) is 65.5. The first-order valence-electron chi connectivity index (χ1n) is 27.3. The van der Waals surface area contributed by atoms with Gasteiger partial charge in [0.05, 0.1) is 6.42 Å². The monoisotopic (exact) mass is 973 g/mol. The molecule has 0 N–H and O–H groups in total. The third-order valence-corrected chi connectivity index (χ3v) is 10.4. The smallest absolute Gasteiger partial charge is 0.310 e. The van der Waals surface area contributed by atoms with E-state index in [1.54, 1.807) is 6.08 Å². The number of allylic oxidation sites excluding steroid dienone is 29. The quantitative estimate of drug-likeness (QED) is 0.0262. The van der Waals surface area contributed by atoms with E-state index in [-0.39, 0.29) is 38.0 Å². The molecule has 0 aromatic rings. The van der Waals surface area contributed by atoms with Crippen LogP contribution in [0.3, 0.4) is 0 Å². The van der Waals surface area contributed by atoms with E-state index in [0.29, 0.717) is 19.3 Å². The highest BCUT2D eigenvalue weighted by atomic mass is 16.6. The minimum atomic E-state index is -0.855. The van der Waals surface area contributed by atoms with Crippen LogP contribution in [0.1, 0.15) is 188 Å². The second kappa shape index (κ2) is 57.1. The fourth-order valence-corrected chi connectivity index (χ4v) is 6.42. The van der Waals surface area contributed by atoms with E-state index >= 15 is 0 Å². The highest BCUT2D eigenvalue weighted by Crippen LogP contribution is 2.09. The van der Waals surface area contributed by atoms with E-state index in [1.807, 2.05) is 6.08 Å². The zero-order valence-corrected chi connectivity index (χ0v) is 44.6. The van der Waals surface area contributed by atoms with Gasteiger partial charge in [-0.1, -0.05) is 229 Å². The van der Waals surface area contributed by atoms with Gasteiger partial charge < -0.3 is 14.2 Å². The molecule has 0 spiro atoms. The Labute approximate surface area is 434 Å². The van der Waals surface area contributed by atoms with E-state index in [0.717, 1.165) is 135 Å². The Hall–Kier alpha value is -5.49. The van der Waals surface area contributed by atoms with Crippen LogP contribution in [0.5, 0.6) is 0 Å². The van der Waals surface area contributed by atoms with Crippen molar-refractivity contribution in [3.8, 4) is 0 Å². The summed E-state index contributed by atoms with van der Waals surface area (Å²) in [5.41, 5.74) is 0. The molecule has 0 radical (unpaired) electrons. The molecule has 0 saturated carbocycles. The fourth-order valence-electron chi connectivity index (χ4n) is 6.42. The summed E-state index contributed by atoms with van der Waals surface area (Å²) in [6.07, 6.45) is 86.7. The molecule has 1 atom stereocenters. The molecule has 0 aromatic carbocycles. The summed E-state index contributed by atoms with van der Waals surface area (Å²) in [7, 11) is 0. The van der Waals surface area contributed by atoms with Crippen molar-refractivity contribution in [2.75, 3.05) is 13.2 Å². The average molecular weight is 973 g/mol. The lowest BCUT2D eigenvalue weighted by molar-refractivity contribution is -0.166. The molecule has 1 unspecified atom stereocenters. The van der Waals surface area contributed by atoms with Crippen LogP contribution >= 0.6 is 0 Å². The van der Waals surface area contributed by atoms with Gasteiger partial charge in [-0.2, -0.15) is 0 Å². The van der Waals surface area contributed by atoms with Crippen molar-refractivity contribution in [1.82, 2.24) is 0 Å². The molecule has 0 aliphatic heterocycles. The van der Waals surface area contributed by atoms with Crippen LogP contribution in [0, 0.1) is 0 Å². The number of hydrogen-bond acceptors (Lipinski definition) is 6. The summed E-state index contributed by atoms with van der Waals surface area (Å²) in [5, 5.41) is 0. The first-order valence-corrected chi connectivity index (χ1v) is 27.3. The topological polar surface area (TPSA) is 78.9 Å². The van der Waals surface area contributed by atoms with Crippen molar-refractivity contribution in [3.05, 3.63) is 182 Å². The van der Waals surface area contributed by atoms with Crippen molar-refractivity contribution in [2.24, 2.45) is 0 Å². The summed E-state index contributed by atoms with van der Waals surface area (Å²) in [5.74, 6) is -1.15. The fraction of sp³-hybridized carbons (Fsp3) is 0.492. The second-order valence-corrected chi connectivity index (χ2v) is 17.0. The summed E-state index contributed by atoms with van der Waals surface area (Å²) < 4.78 is 16.5. The van der Waals surface area contributed by atoms with Crippen molar-refractivity contribution in [2.45, 2.75) is 194 Å². The van der Waals surface area contributed by atoms with Gasteiger partial charge in [-0.05, 0) is 122 Å². The molecule has 0 rings (SSSR count). The lowest BCUT2D eigenvalue weighted by Crippen LogP contribution is -2.30. The number of hydrogen-bond donors (Lipinski definition) is 0. The Morgan fingerprint density at radius 2 is 0.592 bits per heavy atom. The van der Waals surface area contributed by atoms with Crippen LogP contribution in [0.2, 0.25) is 0 Å². The first-order chi connectivity index (χ1) is 35.0. The minimum Gasteiger partial charge on any atom is -0.462 e. The van der Waals surface area contributed by atoms with Gasteiger partial charge in [-0.15, -0.1) is 0 Å². The van der Waals surface area contributed by atoms with Crippen molar-refractivity contribution >= 4 is 17.9 Å². The lowest BCUT2D eigenvalue weighted by atomic mass is 10.1. The predicted octanol–water partition coefficient (Wildman–Crippen LogP) is 18.5. The van der Waals surface area contributed by atoms with E-state index in [9.17, 15) is 14.4 Å². The third-order valence-electron chi connectivity index (χ3n) is 10.4. The normalized spacial score (nSPS) is 13.6. The van der Waals surface area contributed by atoms with Crippen molar-refractivity contribution in [3.63, 3.8) is 0 Å². The second-order valence-electron chi connectivity index (χ2n) is 17.0. The van der Waals surface area contributed by atoms with E-state index in [2.05, 4.69) is 191 Å². The Kier molecular flexibility index (Phi) is 52.7. The van der Waals surface area contributed by atoms with Gasteiger partial charge in [-0.25, -0.2) is 0 Å². The Balaban J connectivity index is 4.29. The van der Waals surface area contributed by atoms with E-state index in [1.165, 1.54) is 0 Å². The van der Waals surface area contributed by atoms with Gasteiger partial charge in [0.2, 0.25) is 0 Å². The van der Waals surface area contributed by atoms with Crippen LogP contribution in [-0.2, 0) is 28.6 Å².